The lowest BCUT2D eigenvalue weighted by atomic mass is 10.1. The molecule has 2 N–H and O–H groups in total. The summed E-state index contributed by atoms with van der Waals surface area (Å²) in [7, 11) is -3.67. The molecule has 1 heterocycles. The zero-order chi connectivity index (χ0) is 19.6. The summed E-state index contributed by atoms with van der Waals surface area (Å²) < 4.78 is 71.2. The van der Waals surface area contributed by atoms with Crippen LogP contribution in [0.5, 0.6) is 0 Å². The van der Waals surface area contributed by atoms with Gasteiger partial charge in [0.15, 0.2) is 5.96 Å². The predicted molar refractivity (Wildman–Crippen MR) is 107 cm³/mol. The summed E-state index contributed by atoms with van der Waals surface area (Å²) in [5, 5.41) is 6.17. The summed E-state index contributed by atoms with van der Waals surface area (Å²) in [5.74, 6) is 0.528. The number of methoxy groups -OCH3 is 1. The first kappa shape index (κ1) is 26.6. The topological polar surface area (TPSA) is 92.3 Å². The number of sulfonamides is 1. The highest BCUT2D eigenvalue weighted by atomic mass is 127. The van der Waals surface area contributed by atoms with Crippen molar-refractivity contribution in [3.05, 3.63) is 0 Å². The number of nitrogens with zero attached hydrogens (tertiary/aromatic N) is 2. The van der Waals surface area contributed by atoms with Gasteiger partial charge >= 0.3 is 15.5 Å². The predicted octanol–water partition coefficient (Wildman–Crippen LogP) is 1.14. The molecule has 0 aromatic rings. The van der Waals surface area contributed by atoms with E-state index < -0.39 is 15.5 Å². The van der Waals surface area contributed by atoms with Gasteiger partial charge in [-0.05, 0) is 19.8 Å². The van der Waals surface area contributed by atoms with E-state index in [0.29, 0.717) is 43.2 Å². The van der Waals surface area contributed by atoms with Crippen LogP contribution in [-0.2, 0) is 19.5 Å². The Bertz CT molecular complexity index is 541. The Morgan fingerprint density at radius 3 is 2.37 bits per heavy atom. The molecule has 27 heavy (non-hydrogen) atoms. The number of hydrogen-bond donors (Lipinski definition) is 2. The number of halogens is 4. The molecule has 0 atom stereocenters. The van der Waals surface area contributed by atoms with Crippen LogP contribution in [0.1, 0.15) is 19.8 Å². The number of hydrogen-bond acceptors (Lipinski definition) is 5. The standard InChI is InChI=1S/C14H27F3N4O4S.HI/c1-3-18-13(19-6-9-25-11-10-24-2)20-12-4-7-21(8-5-12)26(22,23)14(15,16)17;/h12H,3-11H2,1-2H3,(H2,18,19,20);1H. The maximum absolute atomic E-state index is 12.6. The van der Waals surface area contributed by atoms with Crippen LogP contribution in [0.4, 0.5) is 13.2 Å². The summed E-state index contributed by atoms with van der Waals surface area (Å²) in [6.45, 7) is 3.96. The van der Waals surface area contributed by atoms with Gasteiger partial charge in [-0.15, -0.1) is 24.0 Å². The molecule has 0 radical (unpaired) electrons. The van der Waals surface area contributed by atoms with Gasteiger partial charge in [-0.2, -0.15) is 17.5 Å². The van der Waals surface area contributed by atoms with Gasteiger partial charge in [-0.3, -0.25) is 4.99 Å². The number of nitrogens with one attached hydrogen (secondary N) is 2. The van der Waals surface area contributed by atoms with E-state index in [9.17, 15) is 21.6 Å². The molecule has 0 amide bonds. The van der Waals surface area contributed by atoms with E-state index in [1.807, 2.05) is 6.92 Å². The summed E-state index contributed by atoms with van der Waals surface area (Å²) in [6, 6.07) is -0.151. The molecule has 1 saturated heterocycles. The summed E-state index contributed by atoms with van der Waals surface area (Å²) in [5.41, 5.74) is -5.26. The lowest BCUT2D eigenvalue weighted by Crippen LogP contribution is -2.51. The van der Waals surface area contributed by atoms with Crippen LogP contribution in [0.2, 0.25) is 0 Å². The van der Waals surface area contributed by atoms with Crippen molar-refractivity contribution in [1.29, 1.82) is 0 Å². The molecule has 0 saturated carbocycles. The second-order valence-electron chi connectivity index (χ2n) is 5.63. The van der Waals surface area contributed by atoms with Crippen LogP contribution in [0, 0.1) is 0 Å². The highest BCUT2D eigenvalue weighted by molar-refractivity contribution is 14.0. The summed E-state index contributed by atoms with van der Waals surface area (Å²) >= 11 is 0. The molecule has 0 aliphatic carbocycles. The second kappa shape index (κ2) is 13.0. The fourth-order valence-electron chi connectivity index (χ4n) is 2.37. The molecule has 0 spiro atoms. The first-order valence-corrected chi connectivity index (χ1v) is 9.84. The van der Waals surface area contributed by atoms with Gasteiger partial charge in [0.2, 0.25) is 0 Å². The van der Waals surface area contributed by atoms with Crippen molar-refractivity contribution in [2.24, 2.45) is 4.99 Å². The molecule has 1 aliphatic rings. The Labute approximate surface area is 175 Å². The van der Waals surface area contributed by atoms with Gasteiger partial charge in [0, 0.05) is 32.8 Å². The van der Waals surface area contributed by atoms with E-state index >= 15 is 0 Å². The van der Waals surface area contributed by atoms with Crippen molar-refractivity contribution in [2.75, 3.05) is 53.1 Å². The zero-order valence-corrected chi connectivity index (χ0v) is 18.6. The lowest BCUT2D eigenvalue weighted by Gasteiger charge is -2.32. The molecule has 0 bridgehead atoms. The fourth-order valence-corrected chi connectivity index (χ4v) is 3.35. The molecule has 13 heteroatoms. The third-order valence-corrected chi connectivity index (χ3v) is 5.34. The highest BCUT2D eigenvalue weighted by Gasteiger charge is 2.50. The van der Waals surface area contributed by atoms with Crippen LogP contribution in [0.15, 0.2) is 4.99 Å². The van der Waals surface area contributed by atoms with Crippen LogP contribution in [0.25, 0.3) is 0 Å². The molecular weight excluding hydrogens is 504 g/mol. The van der Waals surface area contributed by atoms with Crippen LogP contribution >= 0.6 is 24.0 Å². The maximum atomic E-state index is 12.6. The SMILES string of the molecule is CCNC(=NCCOCCOC)NC1CCN(S(=O)(=O)C(F)(F)F)CC1.I. The molecule has 1 fully saturated rings. The van der Waals surface area contributed by atoms with Crippen molar-refractivity contribution in [2.45, 2.75) is 31.3 Å². The van der Waals surface area contributed by atoms with Gasteiger partial charge in [0.1, 0.15) is 0 Å². The van der Waals surface area contributed by atoms with Crippen molar-refractivity contribution >= 4 is 40.0 Å². The first-order chi connectivity index (χ1) is 12.2. The molecule has 162 valence electrons. The van der Waals surface area contributed by atoms with Gasteiger partial charge in [0.25, 0.3) is 0 Å². The Balaban J connectivity index is 0.00000676. The van der Waals surface area contributed by atoms with E-state index in [1.165, 1.54) is 0 Å². The third kappa shape index (κ3) is 9.11. The monoisotopic (exact) mass is 532 g/mol. The minimum absolute atomic E-state index is 0. The molecule has 8 nitrogen and oxygen atoms in total. The average Bonchev–Trinajstić information content (AvgIpc) is 2.57. The number of aliphatic imine (C=N–C) groups is 1. The normalized spacial score (nSPS) is 17.4. The van der Waals surface area contributed by atoms with Gasteiger partial charge in [0.05, 0.1) is 26.4 Å². The largest absolute Gasteiger partial charge is 0.511 e. The van der Waals surface area contributed by atoms with E-state index in [4.69, 9.17) is 9.47 Å². The van der Waals surface area contributed by atoms with Crippen LogP contribution < -0.4 is 10.6 Å². The third-order valence-electron chi connectivity index (χ3n) is 3.71. The minimum Gasteiger partial charge on any atom is -0.382 e. The number of rotatable bonds is 9. The summed E-state index contributed by atoms with van der Waals surface area (Å²) in [4.78, 5) is 4.33. The molecule has 1 aliphatic heterocycles. The van der Waals surface area contributed by atoms with Crippen molar-refractivity contribution < 1.29 is 31.1 Å². The second-order valence-corrected chi connectivity index (χ2v) is 7.56. The highest BCUT2D eigenvalue weighted by Crippen LogP contribution is 2.28. The van der Waals surface area contributed by atoms with Gasteiger partial charge in [-0.25, -0.2) is 8.42 Å². The first-order valence-electron chi connectivity index (χ1n) is 8.40. The van der Waals surface area contributed by atoms with E-state index in [0.717, 1.165) is 0 Å². The minimum atomic E-state index is -5.26. The fraction of sp³-hybridized carbons (Fsp3) is 0.929. The number of guanidine groups is 1. The number of ether oxygens (including phenoxy) is 2. The molecule has 1 rings (SSSR count). The van der Waals surface area contributed by atoms with E-state index in [2.05, 4.69) is 15.6 Å². The van der Waals surface area contributed by atoms with Gasteiger partial charge < -0.3 is 20.1 Å². The molecule has 0 aromatic carbocycles. The molecule has 0 aromatic heterocycles. The maximum Gasteiger partial charge on any atom is 0.511 e. The Morgan fingerprint density at radius 1 is 1.22 bits per heavy atom. The number of piperidine rings is 1. The summed E-state index contributed by atoms with van der Waals surface area (Å²) in [6.07, 6.45) is 0.536. The molecule has 0 unspecified atom stereocenters. The van der Waals surface area contributed by atoms with E-state index in [1.54, 1.807) is 7.11 Å². The zero-order valence-electron chi connectivity index (χ0n) is 15.4. The Morgan fingerprint density at radius 2 is 1.85 bits per heavy atom. The van der Waals surface area contributed by atoms with Crippen molar-refractivity contribution in [3.63, 3.8) is 0 Å². The van der Waals surface area contributed by atoms with Crippen molar-refractivity contribution in [3.8, 4) is 0 Å². The average molecular weight is 532 g/mol. The van der Waals surface area contributed by atoms with Crippen LogP contribution in [0.3, 0.4) is 0 Å². The van der Waals surface area contributed by atoms with Crippen molar-refractivity contribution in [1.82, 2.24) is 14.9 Å². The van der Waals surface area contributed by atoms with Gasteiger partial charge in [-0.1, -0.05) is 0 Å². The smallest absolute Gasteiger partial charge is 0.382 e. The Kier molecular flexibility index (Phi) is 12.8. The number of alkyl halides is 3. The lowest BCUT2D eigenvalue weighted by molar-refractivity contribution is -0.0494. The Hall–Kier alpha value is -0.380. The van der Waals surface area contributed by atoms with Crippen LogP contribution in [-0.4, -0.2) is 83.3 Å². The van der Waals surface area contributed by atoms with E-state index in [-0.39, 0.29) is 55.9 Å². The molecular formula is C14H28F3IN4O4S. The quantitative estimate of drug-likeness (QED) is 0.200.